The lowest BCUT2D eigenvalue weighted by molar-refractivity contribution is -0.129. The Morgan fingerprint density at radius 2 is 2.10 bits per heavy atom. The van der Waals surface area contributed by atoms with Crippen molar-refractivity contribution in [3.63, 3.8) is 0 Å². The van der Waals surface area contributed by atoms with Gasteiger partial charge in [0.25, 0.3) is 0 Å². The zero-order chi connectivity index (χ0) is 15.7. The molecule has 1 heterocycles. The summed E-state index contributed by atoms with van der Waals surface area (Å²) in [5.74, 6) is -0.460. The second-order valence-corrected chi connectivity index (χ2v) is 5.43. The zero-order valence-corrected chi connectivity index (χ0v) is 13.1. The first kappa shape index (κ1) is 17.9. The van der Waals surface area contributed by atoms with Gasteiger partial charge in [0, 0.05) is 26.3 Å². The molecule has 0 aromatic rings. The molecule has 122 valence electrons. The Kier molecular flexibility index (Phi) is 8.26. The number of nitrogens with one attached hydrogen (secondary N) is 2. The topological polar surface area (TPSA) is 96.7 Å². The van der Waals surface area contributed by atoms with Crippen LogP contribution < -0.4 is 16.4 Å². The maximum absolute atomic E-state index is 12.2. The number of nitrogens with zero attached hydrogens (tertiary/aromatic N) is 1. The number of carbonyl (C=O) groups is 2. The van der Waals surface area contributed by atoms with E-state index in [9.17, 15) is 9.59 Å². The zero-order valence-electron chi connectivity index (χ0n) is 13.1. The summed E-state index contributed by atoms with van der Waals surface area (Å²) in [5.41, 5.74) is 5.33. The normalized spacial score (nSPS) is 17.7. The first-order valence-electron chi connectivity index (χ1n) is 7.57. The Hall–Kier alpha value is -1.18. The first-order chi connectivity index (χ1) is 10.1. The standard InChI is InChI=1S/C14H28N4O3/c1-11(14(20)17-6-3-9-21-2)18(10-13(15)19)12-4-7-16-8-5-12/h11-12,16H,3-10H2,1-2H3,(H2,15,19)(H,17,20). The van der Waals surface area contributed by atoms with Crippen LogP contribution in [0.3, 0.4) is 0 Å². The molecule has 1 unspecified atom stereocenters. The summed E-state index contributed by atoms with van der Waals surface area (Å²) < 4.78 is 4.95. The van der Waals surface area contributed by atoms with Crippen molar-refractivity contribution < 1.29 is 14.3 Å². The Morgan fingerprint density at radius 3 is 2.67 bits per heavy atom. The van der Waals surface area contributed by atoms with Crippen LogP contribution in [0.25, 0.3) is 0 Å². The monoisotopic (exact) mass is 300 g/mol. The van der Waals surface area contributed by atoms with Gasteiger partial charge in [-0.2, -0.15) is 0 Å². The van der Waals surface area contributed by atoms with E-state index in [4.69, 9.17) is 10.5 Å². The van der Waals surface area contributed by atoms with Crippen LogP contribution in [0.2, 0.25) is 0 Å². The maximum atomic E-state index is 12.2. The van der Waals surface area contributed by atoms with E-state index in [0.29, 0.717) is 13.2 Å². The molecule has 4 N–H and O–H groups in total. The number of rotatable bonds is 9. The van der Waals surface area contributed by atoms with Gasteiger partial charge < -0.3 is 21.1 Å². The van der Waals surface area contributed by atoms with Crippen LogP contribution in [0.1, 0.15) is 26.2 Å². The number of hydrogen-bond donors (Lipinski definition) is 3. The number of methoxy groups -OCH3 is 1. The Balaban J connectivity index is 2.54. The lowest BCUT2D eigenvalue weighted by atomic mass is 10.0. The van der Waals surface area contributed by atoms with Crippen molar-refractivity contribution >= 4 is 11.8 Å². The number of hydrogen-bond acceptors (Lipinski definition) is 5. The van der Waals surface area contributed by atoms with Crippen LogP contribution >= 0.6 is 0 Å². The second-order valence-electron chi connectivity index (χ2n) is 5.43. The van der Waals surface area contributed by atoms with Gasteiger partial charge in [0.2, 0.25) is 11.8 Å². The summed E-state index contributed by atoms with van der Waals surface area (Å²) in [6.07, 6.45) is 2.63. The minimum absolute atomic E-state index is 0.0640. The summed E-state index contributed by atoms with van der Waals surface area (Å²) in [4.78, 5) is 25.4. The van der Waals surface area contributed by atoms with Gasteiger partial charge in [-0.05, 0) is 39.3 Å². The third-order valence-corrected chi connectivity index (χ3v) is 3.82. The molecule has 7 nitrogen and oxygen atoms in total. The van der Waals surface area contributed by atoms with Gasteiger partial charge in [-0.25, -0.2) is 0 Å². The van der Waals surface area contributed by atoms with Crippen molar-refractivity contribution in [1.82, 2.24) is 15.5 Å². The van der Waals surface area contributed by atoms with Crippen molar-refractivity contribution in [1.29, 1.82) is 0 Å². The number of amides is 2. The quantitative estimate of drug-likeness (QED) is 0.478. The van der Waals surface area contributed by atoms with E-state index in [1.807, 2.05) is 11.8 Å². The van der Waals surface area contributed by atoms with Crippen LogP contribution in [0.15, 0.2) is 0 Å². The molecular formula is C14H28N4O3. The van der Waals surface area contributed by atoms with E-state index in [2.05, 4.69) is 10.6 Å². The molecule has 0 spiro atoms. The molecule has 1 fully saturated rings. The summed E-state index contributed by atoms with van der Waals surface area (Å²) in [5, 5.41) is 6.16. The van der Waals surface area contributed by atoms with Gasteiger partial charge in [-0.3, -0.25) is 14.5 Å². The molecule has 0 aromatic carbocycles. The summed E-state index contributed by atoms with van der Waals surface area (Å²) in [6.45, 7) is 4.96. The molecule has 7 heteroatoms. The van der Waals surface area contributed by atoms with E-state index in [0.717, 1.165) is 32.4 Å². The highest BCUT2D eigenvalue weighted by atomic mass is 16.5. The maximum Gasteiger partial charge on any atom is 0.237 e. The predicted octanol–water partition coefficient (Wildman–Crippen LogP) is -0.933. The third kappa shape index (κ3) is 6.41. The number of primary amides is 1. The predicted molar refractivity (Wildman–Crippen MR) is 80.8 cm³/mol. The van der Waals surface area contributed by atoms with Gasteiger partial charge in [-0.15, -0.1) is 0 Å². The lowest BCUT2D eigenvalue weighted by Crippen LogP contribution is -2.55. The van der Waals surface area contributed by atoms with Gasteiger partial charge in [0.15, 0.2) is 0 Å². The lowest BCUT2D eigenvalue weighted by Gasteiger charge is -2.37. The second kappa shape index (κ2) is 9.70. The van der Waals surface area contributed by atoms with E-state index in [1.54, 1.807) is 7.11 Å². The molecule has 1 rings (SSSR count). The molecule has 1 aliphatic rings. The number of piperidine rings is 1. The van der Waals surface area contributed by atoms with Crippen molar-refractivity contribution in [2.45, 2.75) is 38.3 Å². The van der Waals surface area contributed by atoms with E-state index in [-0.39, 0.29) is 24.5 Å². The van der Waals surface area contributed by atoms with Crippen LogP contribution in [0, 0.1) is 0 Å². The summed E-state index contributed by atoms with van der Waals surface area (Å²) in [6, 6.07) is -0.137. The van der Waals surface area contributed by atoms with Crippen LogP contribution in [-0.2, 0) is 14.3 Å². The van der Waals surface area contributed by atoms with Gasteiger partial charge in [0.05, 0.1) is 12.6 Å². The minimum Gasteiger partial charge on any atom is -0.385 e. The molecule has 0 aliphatic carbocycles. The van der Waals surface area contributed by atoms with Crippen molar-refractivity contribution in [3.8, 4) is 0 Å². The Morgan fingerprint density at radius 1 is 1.43 bits per heavy atom. The Labute approximate surface area is 126 Å². The highest BCUT2D eigenvalue weighted by molar-refractivity contribution is 5.83. The fraction of sp³-hybridized carbons (Fsp3) is 0.857. The van der Waals surface area contributed by atoms with Crippen LogP contribution in [-0.4, -0.2) is 68.7 Å². The molecule has 0 saturated carbocycles. The average molecular weight is 300 g/mol. The highest BCUT2D eigenvalue weighted by Gasteiger charge is 2.29. The first-order valence-corrected chi connectivity index (χ1v) is 7.57. The summed E-state index contributed by atoms with van der Waals surface area (Å²) in [7, 11) is 1.64. The largest absolute Gasteiger partial charge is 0.385 e. The molecule has 0 aromatic heterocycles. The van der Waals surface area contributed by atoms with Crippen LogP contribution in [0.5, 0.6) is 0 Å². The molecule has 1 atom stereocenters. The third-order valence-electron chi connectivity index (χ3n) is 3.82. The van der Waals surface area contributed by atoms with Gasteiger partial charge in [-0.1, -0.05) is 0 Å². The van der Waals surface area contributed by atoms with Crippen molar-refractivity contribution in [2.75, 3.05) is 39.9 Å². The number of nitrogens with two attached hydrogens (primary N) is 1. The SMILES string of the molecule is COCCCNC(=O)C(C)N(CC(N)=O)C1CCNCC1. The van der Waals surface area contributed by atoms with E-state index in [1.165, 1.54) is 0 Å². The fourth-order valence-corrected chi connectivity index (χ4v) is 2.63. The molecule has 0 radical (unpaired) electrons. The van der Waals surface area contributed by atoms with Crippen LogP contribution in [0.4, 0.5) is 0 Å². The number of ether oxygens (including phenoxy) is 1. The molecule has 1 saturated heterocycles. The highest BCUT2D eigenvalue weighted by Crippen LogP contribution is 2.15. The van der Waals surface area contributed by atoms with Gasteiger partial charge in [0.1, 0.15) is 0 Å². The van der Waals surface area contributed by atoms with E-state index < -0.39 is 5.91 Å². The Bertz CT molecular complexity index is 332. The molecule has 0 bridgehead atoms. The number of carbonyl (C=O) groups excluding carboxylic acids is 2. The van der Waals surface area contributed by atoms with E-state index >= 15 is 0 Å². The minimum atomic E-state index is -0.396. The summed E-state index contributed by atoms with van der Waals surface area (Å²) >= 11 is 0. The smallest absolute Gasteiger partial charge is 0.237 e. The fourth-order valence-electron chi connectivity index (χ4n) is 2.63. The molecular weight excluding hydrogens is 272 g/mol. The average Bonchev–Trinajstić information content (AvgIpc) is 2.49. The van der Waals surface area contributed by atoms with Gasteiger partial charge >= 0.3 is 0 Å². The molecule has 2 amide bonds. The molecule has 1 aliphatic heterocycles. The molecule has 21 heavy (non-hydrogen) atoms. The van der Waals surface area contributed by atoms with Crippen molar-refractivity contribution in [2.24, 2.45) is 5.73 Å². The van der Waals surface area contributed by atoms with Crippen molar-refractivity contribution in [3.05, 3.63) is 0 Å².